The fourth-order valence-corrected chi connectivity index (χ4v) is 4.41. The first-order valence-corrected chi connectivity index (χ1v) is 11.0. The highest BCUT2D eigenvalue weighted by molar-refractivity contribution is 5.79. The quantitative estimate of drug-likeness (QED) is 0.674. The van der Waals surface area contributed by atoms with Gasteiger partial charge < -0.3 is 9.47 Å². The summed E-state index contributed by atoms with van der Waals surface area (Å²) in [4.78, 5) is 22.4. The number of para-hydroxylation sites is 2. The number of hydrogen-bond donors (Lipinski definition) is 0. The Morgan fingerprint density at radius 2 is 2.07 bits per heavy atom. The van der Waals surface area contributed by atoms with Crippen molar-refractivity contribution in [2.45, 2.75) is 66.0 Å². The molecule has 1 aliphatic rings. The third kappa shape index (κ3) is 4.57. The lowest BCUT2D eigenvalue weighted by Crippen LogP contribution is -2.45. The third-order valence-corrected chi connectivity index (χ3v) is 5.88. The van der Waals surface area contributed by atoms with Crippen LogP contribution < -0.4 is 0 Å². The van der Waals surface area contributed by atoms with E-state index in [1.54, 1.807) is 0 Å². The lowest BCUT2D eigenvalue weighted by Gasteiger charge is -2.34. The van der Waals surface area contributed by atoms with Crippen molar-refractivity contribution >= 4 is 16.9 Å². The second kappa shape index (κ2) is 9.55. The number of piperidine rings is 1. The average Bonchev–Trinajstić information content (AvgIpc) is 3.06. The zero-order valence-electron chi connectivity index (χ0n) is 18.0. The maximum absolute atomic E-state index is 13.0. The summed E-state index contributed by atoms with van der Waals surface area (Å²) in [6, 6.07) is 8.75. The number of fused-ring (bicyclic) bond motifs is 1. The van der Waals surface area contributed by atoms with Gasteiger partial charge in [0.15, 0.2) is 0 Å². The number of nitrogens with zero attached hydrogens (tertiary/aromatic N) is 4. The van der Waals surface area contributed by atoms with Crippen LogP contribution >= 0.6 is 0 Å². The van der Waals surface area contributed by atoms with Gasteiger partial charge in [0.1, 0.15) is 5.82 Å². The number of imidazole rings is 1. The van der Waals surface area contributed by atoms with Crippen LogP contribution in [0, 0.1) is 5.92 Å². The van der Waals surface area contributed by atoms with E-state index >= 15 is 0 Å². The molecule has 0 unspecified atom stereocenters. The molecular formula is C23H36N4O. The Balaban J connectivity index is 1.72. The van der Waals surface area contributed by atoms with Crippen molar-refractivity contribution in [1.82, 2.24) is 19.4 Å². The summed E-state index contributed by atoms with van der Waals surface area (Å²) < 4.78 is 2.35. The molecular weight excluding hydrogens is 348 g/mol. The second-order valence-electron chi connectivity index (χ2n) is 8.33. The van der Waals surface area contributed by atoms with Crippen LogP contribution in [0.2, 0.25) is 0 Å². The van der Waals surface area contributed by atoms with Gasteiger partial charge in [-0.2, -0.15) is 0 Å². The lowest BCUT2D eigenvalue weighted by atomic mass is 9.96. The first kappa shape index (κ1) is 20.8. The summed E-state index contributed by atoms with van der Waals surface area (Å²) in [5, 5.41) is 0. The molecule has 0 aliphatic carbocycles. The number of rotatable bonds is 8. The highest BCUT2D eigenvalue weighted by Crippen LogP contribution is 2.25. The normalized spacial score (nSPS) is 18.1. The van der Waals surface area contributed by atoms with Gasteiger partial charge >= 0.3 is 0 Å². The number of carbonyl (C=O) groups is 1. The molecule has 5 heteroatoms. The minimum atomic E-state index is 0.127. The molecule has 5 nitrogen and oxygen atoms in total. The number of hydrogen-bond acceptors (Lipinski definition) is 3. The molecule has 3 rings (SSSR count). The van der Waals surface area contributed by atoms with E-state index in [9.17, 15) is 4.79 Å². The largest absolute Gasteiger partial charge is 0.343 e. The molecule has 0 radical (unpaired) electrons. The van der Waals surface area contributed by atoms with Crippen LogP contribution in [-0.2, 0) is 11.3 Å². The van der Waals surface area contributed by atoms with Crippen LogP contribution in [0.3, 0.4) is 0 Å². The maximum atomic E-state index is 13.0. The standard InChI is InChI=1S/C23H36N4O/c1-5-7-15-26(6-2)23(28)19-11-10-14-25(16-19)17-22-24-20-12-8-9-13-21(20)27(22)18(3)4/h8-9,12-13,18-19H,5-7,10-11,14-17H2,1-4H3/t19-/m1/s1. The van der Waals surface area contributed by atoms with Gasteiger partial charge in [-0.1, -0.05) is 25.5 Å². The van der Waals surface area contributed by atoms with Crippen LogP contribution in [0.4, 0.5) is 0 Å². The highest BCUT2D eigenvalue weighted by Gasteiger charge is 2.29. The monoisotopic (exact) mass is 384 g/mol. The van der Waals surface area contributed by atoms with Gasteiger partial charge in [-0.3, -0.25) is 9.69 Å². The molecule has 1 saturated heterocycles. The van der Waals surface area contributed by atoms with Gasteiger partial charge in [0.2, 0.25) is 5.91 Å². The predicted molar refractivity (Wildman–Crippen MR) is 115 cm³/mol. The fourth-order valence-electron chi connectivity index (χ4n) is 4.41. The van der Waals surface area contributed by atoms with Crippen molar-refractivity contribution in [3.8, 4) is 0 Å². The SMILES string of the molecule is CCCCN(CC)C(=O)[C@@H]1CCCN(Cc2nc3ccccc3n2C(C)C)C1. The Bertz CT molecular complexity index is 782. The Morgan fingerprint density at radius 3 is 2.79 bits per heavy atom. The van der Waals surface area contributed by atoms with Gasteiger partial charge in [-0.25, -0.2) is 4.98 Å². The summed E-state index contributed by atoms with van der Waals surface area (Å²) in [6.07, 6.45) is 4.32. The summed E-state index contributed by atoms with van der Waals surface area (Å²) >= 11 is 0. The number of aromatic nitrogens is 2. The van der Waals surface area contributed by atoms with E-state index in [1.807, 2.05) is 0 Å². The first-order valence-electron chi connectivity index (χ1n) is 11.0. The zero-order valence-corrected chi connectivity index (χ0v) is 18.0. The molecule has 2 aromatic rings. The van der Waals surface area contributed by atoms with Gasteiger partial charge in [0.05, 0.1) is 23.5 Å². The van der Waals surface area contributed by atoms with Gasteiger partial charge in [-0.15, -0.1) is 0 Å². The van der Waals surface area contributed by atoms with E-state index in [1.165, 1.54) is 5.52 Å². The van der Waals surface area contributed by atoms with Crippen LogP contribution in [0.25, 0.3) is 11.0 Å². The van der Waals surface area contributed by atoms with Crippen molar-refractivity contribution in [3.63, 3.8) is 0 Å². The molecule has 0 spiro atoms. The van der Waals surface area contributed by atoms with Crippen LogP contribution in [0.15, 0.2) is 24.3 Å². The Kier molecular flexibility index (Phi) is 7.11. The van der Waals surface area contributed by atoms with E-state index < -0.39 is 0 Å². The third-order valence-electron chi connectivity index (χ3n) is 5.88. The van der Waals surface area contributed by atoms with Crippen LogP contribution in [-0.4, -0.2) is 51.4 Å². The Labute approximate surface area is 169 Å². The molecule has 1 aliphatic heterocycles. The highest BCUT2D eigenvalue weighted by atomic mass is 16.2. The topological polar surface area (TPSA) is 41.4 Å². The van der Waals surface area contributed by atoms with Crippen molar-refractivity contribution in [2.75, 3.05) is 26.2 Å². The molecule has 2 heterocycles. The summed E-state index contributed by atoms with van der Waals surface area (Å²) in [7, 11) is 0. The van der Waals surface area contributed by atoms with E-state index in [4.69, 9.17) is 4.98 Å². The lowest BCUT2D eigenvalue weighted by molar-refractivity contribution is -0.137. The summed E-state index contributed by atoms with van der Waals surface area (Å²) in [6.45, 7) is 13.1. The van der Waals surface area contributed by atoms with E-state index in [-0.39, 0.29) is 5.92 Å². The van der Waals surface area contributed by atoms with Crippen molar-refractivity contribution in [2.24, 2.45) is 5.92 Å². The smallest absolute Gasteiger partial charge is 0.226 e. The Morgan fingerprint density at radius 1 is 1.29 bits per heavy atom. The van der Waals surface area contributed by atoms with E-state index in [0.717, 1.165) is 69.7 Å². The number of benzene rings is 1. The van der Waals surface area contributed by atoms with Gasteiger partial charge in [0.25, 0.3) is 0 Å². The molecule has 1 aromatic heterocycles. The number of amides is 1. The van der Waals surface area contributed by atoms with Crippen LogP contribution in [0.5, 0.6) is 0 Å². The Hall–Kier alpha value is -1.88. The number of likely N-dealkylation sites (tertiary alicyclic amines) is 1. The number of carbonyl (C=O) groups excluding carboxylic acids is 1. The zero-order chi connectivity index (χ0) is 20.1. The summed E-state index contributed by atoms with van der Waals surface area (Å²) in [5.74, 6) is 1.59. The summed E-state index contributed by atoms with van der Waals surface area (Å²) in [5.41, 5.74) is 2.27. The minimum Gasteiger partial charge on any atom is -0.343 e. The van der Waals surface area contributed by atoms with E-state index in [2.05, 4.69) is 66.3 Å². The molecule has 1 aromatic carbocycles. The fraction of sp³-hybridized carbons (Fsp3) is 0.652. The van der Waals surface area contributed by atoms with Crippen molar-refractivity contribution in [1.29, 1.82) is 0 Å². The van der Waals surface area contributed by atoms with Gasteiger partial charge in [-0.05, 0) is 58.7 Å². The first-order chi connectivity index (χ1) is 13.5. The molecule has 154 valence electrons. The molecule has 0 saturated carbocycles. The molecule has 28 heavy (non-hydrogen) atoms. The van der Waals surface area contributed by atoms with Crippen molar-refractivity contribution < 1.29 is 4.79 Å². The molecule has 0 bridgehead atoms. The molecule has 0 N–H and O–H groups in total. The van der Waals surface area contributed by atoms with E-state index in [0.29, 0.717) is 11.9 Å². The molecule has 1 fully saturated rings. The number of unbranched alkanes of at least 4 members (excludes halogenated alkanes) is 1. The van der Waals surface area contributed by atoms with Gasteiger partial charge in [0, 0.05) is 25.7 Å². The van der Waals surface area contributed by atoms with Crippen molar-refractivity contribution in [3.05, 3.63) is 30.1 Å². The minimum absolute atomic E-state index is 0.127. The second-order valence-corrected chi connectivity index (χ2v) is 8.33. The molecule has 1 amide bonds. The van der Waals surface area contributed by atoms with Crippen LogP contribution in [0.1, 0.15) is 65.2 Å². The predicted octanol–water partition coefficient (Wildman–Crippen LogP) is 4.48. The maximum Gasteiger partial charge on any atom is 0.226 e. The molecule has 1 atom stereocenters. The average molecular weight is 385 g/mol.